The summed E-state index contributed by atoms with van der Waals surface area (Å²) in [5.41, 5.74) is 8.57. The smallest absolute Gasteiger partial charge is 0.269 e. The molecule has 2 aromatic rings. The van der Waals surface area contributed by atoms with Crippen LogP contribution in [0.5, 0.6) is 0 Å². The summed E-state index contributed by atoms with van der Waals surface area (Å²) in [5.74, 6) is 0.0136. The molecule has 0 aliphatic carbocycles. The number of nitrogens with one attached hydrogen (secondary N) is 1. The number of rotatable bonds is 5. The minimum absolute atomic E-state index is 0.0770. The van der Waals surface area contributed by atoms with Gasteiger partial charge >= 0.3 is 0 Å². The first-order chi connectivity index (χ1) is 12.5. The Morgan fingerprint density at radius 3 is 2.62 bits per heavy atom. The van der Waals surface area contributed by atoms with Crippen molar-refractivity contribution in [3.8, 4) is 0 Å². The number of nitrogens with zero attached hydrogens (tertiary/aromatic N) is 2. The highest BCUT2D eigenvalue weighted by Crippen LogP contribution is 2.30. The number of primary amides is 1. The maximum absolute atomic E-state index is 12.9. The molecule has 1 aliphatic heterocycles. The van der Waals surface area contributed by atoms with E-state index in [0.717, 1.165) is 37.1 Å². The van der Waals surface area contributed by atoms with Crippen LogP contribution in [0.2, 0.25) is 0 Å². The van der Waals surface area contributed by atoms with Gasteiger partial charge in [0.1, 0.15) is 5.69 Å². The zero-order valence-corrected chi connectivity index (χ0v) is 15.4. The molecule has 1 saturated heterocycles. The van der Waals surface area contributed by atoms with Crippen molar-refractivity contribution >= 4 is 11.8 Å². The van der Waals surface area contributed by atoms with E-state index in [0.29, 0.717) is 12.3 Å². The third-order valence-corrected chi connectivity index (χ3v) is 5.03. The van der Waals surface area contributed by atoms with E-state index in [9.17, 15) is 9.59 Å². The summed E-state index contributed by atoms with van der Waals surface area (Å²) in [5, 5.41) is 6.84. The average molecular weight is 354 g/mol. The lowest BCUT2D eigenvalue weighted by atomic mass is 9.97. The number of hydrogen-bond acceptors (Lipinski definition) is 3. The first kappa shape index (κ1) is 18.2. The van der Waals surface area contributed by atoms with Crippen molar-refractivity contribution in [3.05, 3.63) is 52.8 Å². The molecule has 1 aromatic carbocycles. The maximum Gasteiger partial charge on any atom is 0.269 e. The second-order valence-electron chi connectivity index (χ2n) is 7.24. The quantitative estimate of drug-likeness (QED) is 0.865. The fourth-order valence-electron chi connectivity index (χ4n) is 3.48. The maximum atomic E-state index is 12.9. The second kappa shape index (κ2) is 7.72. The predicted molar refractivity (Wildman–Crippen MR) is 99.6 cm³/mol. The van der Waals surface area contributed by atoms with Crippen LogP contribution in [0.15, 0.2) is 30.3 Å². The van der Waals surface area contributed by atoms with Gasteiger partial charge in [0, 0.05) is 6.54 Å². The van der Waals surface area contributed by atoms with E-state index in [1.807, 2.05) is 17.0 Å². The SMILES string of the molecule is CC(C)c1ccc(CC(=O)N2CCCCC2c2cc(C(N)=O)n[nH]2)cc1. The fourth-order valence-corrected chi connectivity index (χ4v) is 3.48. The van der Waals surface area contributed by atoms with Crippen LogP contribution < -0.4 is 5.73 Å². The molecule has 138 valence electrons. The van der Waals surface area contributed by atoms with Crippen molar-refractivity contribution < 1.29 is 9.59 Å². The lowest BCUT2D eigenvalue weighted by Gasteiger charge is -2.35. The molecule has 1 atom stereocenters. The number of nitrogens with two attached hydrogens (primary N) is 1. The van der Waals surface area contributed by atoms with E-state index in [2.05, 4.69) is 36.2 Å². The summed E-state index contributed by atoms with van der Waals surface area (Å²) in [7, 11) is 0. The molecule has 26 heavy (non-hydrogen) atoms. The first-order valence-corrected chi connectivity index (χ1v) is 9.19. The number of benzene rings is 1. The molecule has 3 N–H and O–H groups in total. The van der Waals surface area contributed by atoms with Gasteiger partial charge in [-0.1, -0.05) is 38.1 Å². The number of likely N-dealkylation sites (tertiary alicyclic amines) is 1. The van der Waals surface area contributed by atoms with Crippen molar-refractivity contribution in [1.29, 1.82) is 0 Å². The standard InChI is InChI=1S/C20H26N4O2/c1-13(2)15-8-6-14(7-9-15)11-19(25)24-10-4-3-5-18(24)16-12-17(20(21)26)23-22-16/h6-9,12-13,18H,3-5,10-11H2,1-2H3,(H2,21,26)(H,22,23). The van der Waals surface area contributed by atoms with E-state index in [1.165, 1.54) is 5.56 Å². The van der Waals surface area contributed by atoms with E-state index >= 15 is 0 Å². The molecule has 6 heteroatoms. The summed E-state index contributed by atoms with van der Waals surface area (Å²) < 4.78 is 0. The number of aromatic nitrogens is 2. The monoisotopic (exact) mass is 354 g/mol. The van der Waals surface area contributed by atoms with Crippen LogP contribution in [0.4, 0.5) is 0 Å². The van der Waals surface area contributed by atoms with Gasteiger partial charge in [0.15, 0.2) is 0 Å². The van der Waals surface area contributed by atoms with Crippen LogP contribution in [0, 0.1) is 0 Å². The number of carbonyl (C=O) groups is 2. The summed E-state index contributed by atoms with van der Waals surface area (Å²) in [6.45, 7) is 5.03. The Balaban J connectivity index is 1.73. The van der Waals surface area contributed by atoms with E-state index in [4.69, 9.17) is 5.73 Å². The molecule has 1 fully saturated rings. The number of hydrogen-bond donors (Lipinski definition) is 2. The van der Waals surface area contributed by atoms with Crippen molar-refractivity contribution in [1.82, 2.24) is 15.1 Å². The van der Waals surface area contributed by atoms with Gasteiger partial charge in [-0.3, -0.25) is 14.7 Å². The third-order valence-electron chi connectivity index (χ3n) is 5.03. The molecule has 1 aliphatic rings. The Kier molecular flexibility index (Phi) is 5.40. The molecule has 2 heterocycles. The Bertz CT molecular complexity index is 779. The zero-order valence-electron chi connectivity index (χ0n) is 15.4. The lowest BCUT2D eigenvalue weighted by Crippen LogP contribution is -2.39. The Morgan fingerprint density at radius 2 is 2.00 bits per heavy atom. The second-order valence-corrected chi connectivity index (χ2v) is 7.24. The van der Waals surface area contributed by atoms with Crippen LogP contribution in [0.3, 0.4) is 0 Å². The molecule has 0 radical (unpaired) electrons. The highest BCUT2D eigenvalue weighted by atomic mass is 16.2. The number of aromatic amines is 1. The Morgan fingerprint density at radius 1 is 1.27 bits per heavy atom. The van der Waals surface area contributed by atoms with Gasteiger partial charge < -0.3 is 10.6 Å². The number of carbonyl (C=O) groups excluding carboxylic acids is 2. The predicted octanol–water partition coefficient (Wildman–Crippen LogP) is 2.93. The summed E-state index contributed by atoms with van der Waals surface area (Å²) >= 11 is 0. The van der Waals surface area contributed by atoms with Gasteiger partial charge in [-0.25, -0.2) is 0 Å². The van der Waals surface area contributed by atoms with Crippen molar-refractivity contribution in [2.24, 2.45) is 5.73 Å². The van der Waals surface area contributed by atoms with Gasteiger partial charge in [-0.05, 0) is 42.4 Å². The van der Waals surface area contributed by atoms with Gasteiger partial charge in [-0.15, -0.1) is 0 Å². The first-order valence-electron chi connectivity index (χ1n) is 9.19. The van der Waals surface area contributed by atoms with Crippen LogP contribution in [0.25, 0.3) is 0 Å². The molecule has 3 rings (SSSR count). The van der Waals surface area contributed by atoms with Crippen molar-refractivity contribution in [3.63, 3.8) is 0 Å². The summed E-state index contributed by atoms with van der Waals surface area (Å²) in [6, 6.07) is 9.84. The van der Waals surface area contributed by atoms with Gasteiger partial charge in [0.2, 0.25) is 5.91 Å². The van der Waals surface area contributed by atoms with E-state index in [1.54, 1.807) is 6.07 Å². The number of amides is 2. The normalized spacial score (nSPS) is 17.5. The molecule has 0 spiro atoms. The zero-order chi connectivity index (χ0) is 18.7. The van der Waals surface area contributed by atoms with Gasteiger partial charge in [-0.2, -0.15) is 5.10 Å². The summed E-state index contributed by atoms with van der Waals surface area (Å²) in [4.78, 5) is 26.1. The minimum atomic E-state index is -0.563. The molecule has 0 saturated carbocycles. The van der Waals surface area contributed by atoms with Crippen LogP contribution in [0.1, 0.15) is 72.4 Å². The minimum Gasteiger partial charge on any atom is -0.364 e. The topological polar surface area (TPSA) is 92.1 Å². The molecular formula is C20H26N4O2. The van der Waals surface area contributed by atoms with Gasteiger partial charge in [0.05, 0.1) is 18.2 Å². The molecule has 0 bridgehead atoms. The third kappa shape index (κ3) is 3.95. The molecule has 1 unspecified atom stereocenters. The van der Waals surface area contributed by atoms with Crippen molar-refractivity contribution in [2.75, 3.05) is 6.54 Å². The number of piperidine rings is 1. The van der Waals surface area contributed by atoms with Crippen molar-refractivity contribution in [2.45, 2.75) is 51.5 Å². The Hall–Kier alpha value is -2.63. The highest BCUT2D eigenvalue weighted by molar-refractivity contribution is 5.90. The lowest BCUT2D eigenvalue weighted by molar-refractivity contribution is -0.134. The summed E-state index contributed by atoms with van der Waals surface area (Å²) in [6.07, 6.45) is 3.28. The Labute approximate surface area is 153 Å². The van der Waals surface area contributed by atoms with Crippen LogP contribution in [-0.2, 0) is 11.2 Å². The fraction of sp³-hybridized carbons (Fsp3) is 0.450. The molecular weight excluding hydrogens is 328 g/mol. The van der Waals surface area contributed by atoms with Crippen LogP contribution >= 0.6 is 0 Å². The van der Waals surface area contributed by atoms with Crippen LogP contribution in [-0.4, -0.2) is 33.5 Å². The molecule has 6 nitrogen and oxygen atoms in total. The molecule has 1 aromatic heterocycles. The number of H-pyrrole nitrogens is 1. The van der Waals surface area contributed by atoms with Gasteiger partial charge in [0.25, 0.3) is 5.91 Å². The van der Waals surface area contributed by atoms with E-state index in [-0.39, 0.29) is 17.6 Å². The molecule has 2 amide bonds. The van der Waals surface area contributed by atoms with E-state index < -0.39 is 5.91 Å². The highest BCUT2D eigenvalue weighted by Gasteiger charge is 2.29. The average Bonchev–Trinajstić information content (AvgIpc) is 3.12. The largest absolute Gasteiger partial charge is 0.364 e.